The van der Waals surface area contributed by atoms with Gasteiger partial charge in [0.25, 0.3) is 5.91 Å². The second-order valence-electron chi connectivity index (χ2n) is 6.26. The summed E-state index contributed by atoms with van der Waals surface area (Å²) in [6, 6.07) is 6.14. The van der Waals surface area contributed by atoms with Crippen LogP contribution in [0.4, 0.5) is 4.79 Å². The van der Waals surface area contributed by atoms with Gasteiger partial charge in [0, 0.05) is 11.6 Å². The lowest BCUT2D eigenvalue weighted by Crippen LogP contribution is -2.48. The molecule has 0 radical (unpaired) electrons. The first-order chi connectivity index (χ1) is 11.5. The van der Waals surface area contributed by atoms with Gasteiger partial charge in [0.15, 0.2) is 12.4 Å². The fourth-order valence-electron chi connectivity index (χ4n) is 2.83. The Labute approximate surface area is 142 Å². The molecule has 1 saturated carbocycles. The molecule has 2 N–H and O–H groups in total. The minimum Gasteiger partial charge on any atom is -0.484 e. The Balaban J connectivity index is 1.74. The van der Waals surface area contributed by atoms with Crippen LogP contribution < -0.4 is 15.4 Å². The van der Waals surface area contributed by atoms with Gasteiger partial charge >= 0.3 is 6.03 Å². The predicted octanol–water partition coefficient (Wildman–Crippen LogP) is 2.67. The van der Waals surface area contributed by atoms with Gasteiger partial charge in [-0.2, -0.15) is 0 Å². The molecule has 6 nitrogen and oxygen atoms in total. The van der Waals surface area contributed by atoms with Gasteiger partial charge in [0.05, 0.1) is 0 Å². The number of ketones is 1. The lowest BCUT2D eigenvalue weighted by molar-refractivity contribution is -0.122. The van der Waals surface area contributed by atoms with Crippen LogP contribution in [0.2, 0.25) is 0 Å². The average molecular weight is 332 g/mol. The fraction of sp³-hybridized carbons (Fsp3) is 0.500. The number of nitrogens with one attached hydrogen (secondary N) is 2. The Morgan fingerprint density at radius 1 is 1.12 bits per heavy atom. The average Bonchev–Trinajstić information content (AvgIpc) is 2.55. The number of benzene rings is 1. The molecule has 0 saturated heterocycles. The Bertz CT molecular complexity index is 598. The van der Waals surface area contributed by atoms with E-state index in [1.165, 1.54) is 13.3 Å². The van der Waals surface area contributed by atoms with Gasteiger partial charge in [-0.15, -0.1) is 0 Å². The number of amides is 3. The molecule has 3 amide bonds. The molecule has 2 rings (SSSR count). The first kappa shape index (κ1) is 18.0. The summed E-state index contributed by atoms with van der Waals surface area (Å²) >= 11 is 0. The van der Waals surface area contributed by atoms with E-state index in [4.69, 9.17) is 4.74 Å². The van der Waals surface area contributed by atoms with E-state index in [9.17, 15) is 14.4 Å². The summed E-state index contributed by atoms with van der Waals surface area (Å²) < 4.78 is 5.31. The van der Waals surface area contributed by atoms with Crippen LogP contribution in [0.1, 0.15) is 49.9 Å². The van der Waals surface area contributed by atoms with Crippen molar-refractivity contribution >= 4 is 17.7 Å². The molecule has 1 fully saturated rings. The third kappa shape index (κ3) is 5.37. The van der Waals surface area contributed by atoms with E-state index in [1.807, 2.05) is 0 Å². The summed E-state index contributed by atoms with van der Waals surface area (Å²) in [6.45, 7) is 3.34. The maximum absolute atomic E-state index is 11.9. The van der Waals surface area contributed by atoms with Crippen molar-refractivity contribution in [3.05, 3.63) is 29.8 Å². The summed E-state index contributed by atoms with van der Waals surface area (Å²) in [5.41, 5.74) is 0.577. The van der Waals surface area contributed by atoms with Crippen molar-refractivity contribution in [3.8, 4) is 5.75 Å². The summed E-state index contributed by atoms with van der Waals surface area (Å²) in [4.78, 5) is 34.8. The molecule has 6 heteroatoms. The Hall–Kier alpha value is -2.37. The van der Waals surface area contributed by atoms with Gasteiger partial charge in [-0.05, 0) is 49.9 Å². The first-order valence-electron chi connectivity index (χ1n) is 8.30. The second-order valence-corrected chi connectivity index (χ2v) is 6.26. The summed E-state index contributed by atoms with van der Waals surface area (Å²) in [6.07, 6.45) is 4.33. The van der Waals surface area contributed by atoms with E-state index in [0.717, 1.165) is 19.3 Å². The molecule has 1 aromatic carbocycles. The molecular formula is C18H24N2O4. The number of hydrogen-bond donors (Lipinski definition) is 2. The molecule has 24 heavy (non-hydrogen) atoms. The fourth-order valence-corrected chi connectivity index (χ4v) is 2.83. The van der Waals surface area contributed by atoms with Gasteiger partial charge in [0.1, 0.15) is 5.75 Å². The summed E-state index contributed by atoms with van der Waals surface area (Å²) in [5, 5.41) is 5.13. The predicted molar refractivity (Wildman–Crippen MR) is 90.0 cm³/mol. The van der Waals surface area contributed by atoms with Crippen LogP contribution in [0.5, 0.6) is 5.75 Å². The quantitative estimate of drug-likeness (QED) is 0.812. The van der Waals surface area contributed by atoms with Crippen LogP contribution in [0.15, 0.2) is 24.3 Å². The molecular weight excluding hydrogens is 308 g/mol. The molecule has 2 atom stereocenters. The van der Waals surface area contributed by atoms with E-state index >= 15 is 0 Å². The summed E-state index contributed by atoms with van der Waals surface area (Å²) in [7, 11) is 0. The zero-order valence-electron chi connectivity index (χ0n) is 14.1. The Kier molecular flexibility index (Phi) is 6.35. The number of Topliss-reactive ketones (excluding diaryl/α,β-unsaturated/α-hetero) is 1. The van der Waals surface area contributed by atoms with E-state index in [0.29, 0.717) is 17.2 Å². The highest BCUT2D eigenvalue weighted by Crippen LogP contribution is 2.23. The largest absolute Gasteiger partial charge is 0.484 e. The van der Waals surface area contributed by atoms with Gasteiger partial charge in [-0.1, -0.05) is 19.8 Å². The van der Waals surface area contributed by atoms with Crippen molar-refractivity contribution in [1.82, 2.24) is 10.6 Å². The number of carbonyl (C=O) groups is 3. The molecule has 1 aliphatic rings. The minimum absolute atomic E-state index is 0.0343. The zero-order chi connectivity index (χ0) is 17.5. The van der Waals surface area contributed by atoms with Crippen LogP contribution in [-0.2, 0) is 4.79 Å². The number of hydrogen-bond acceptors (Lipinski definition) is 4. The van der Waals surface area contributed by atoms with Crippen LogP contribution in [0, 0.1) is 5.92 Å². The Morgan fingerprint density at radius 3 is 2.42 bits per heavy atom. The highest BCUT2D eigenvalue weighted by atomic mass is 16.5. The number of urea groups is 1. The van der Waals surface area contributed by atoms with Crippen molar-refractivity contribution < 1.29 is 19.1 Å². The van der Waals surface area contributed by atoms with Crippen molar-refractivity contribution in [1.29, 1.82) is 0 Å². The van der Waals surface area contributed by atoms with E-state index in [2.05, 4.69) is 17.6 Å². The number of carbonyl (C=O) groups excluding carboxylic acids is 3. The third-order valence-electron chi connectivity index (χ3n) is 4.31. The normalized spacial score (nSPS) is 20.1. The number of rotatable bonds is 5. The van der Waals surface area contributed by atoms with Crippen LogP contribution in [-0.4, -0.2) is 30.4 Å². The highest BCUT2D eigenvalue weighted by Gasteiger charge is 2.23. The minimum atomic E-state index is -0.508. The maximum Gasteiger partial charge on any atom is 0.321 e. The number of imide groups is 1. The molecule has 130 valence electrons. The van der Waals surface area contributed by atoms with Crippen molar-refractivity contribution in [3.63, 3.8) is 0 Å². The van der Waals surface area contributed by atoms with E-state index in [-0.39, 0.29) is 18.4 Å². The SMILES string of the molecule is CC(=O)c1ccc(OCC(=O)NC(=O)N[C@@H]2CCCC[C@@H]2C)cc1. The molecule has 0 spiro atoms. The second kappa shape index (κ2) is 8.47. The molecule has 0 unspecified atom stereocenters. The van der Waals surface area contributed by atoms with Gasteiger partial charge in [-0.3, -0.25) is 14.9 Å². The Morgan fingerprint density at radius 2 is 1.79 bits per heavy atom. The van der Waals surface area contributed by atoms with Gasteiger partial charge in [-0.25, -0.2) is 4.79 Å². The molecule has 0 heterocycles. The van der Waals surface area contributed by atoms with Crippen LogP contribution >= 0.6 is 0 Å². The van der Waals surface area contributed by atoms with Crippen molar-refractivity contribution in [2.45, 2.75) is 45.6 Å². The molecule has 0 bridgehead atoms. The zero-order valence-corrected chi connectivity index (χ0v) is 14.1. The van der Waals surface area contributed by atoms with Crippen LogP contribution in [0.3, 0.4) is 0 Å². The summed E-state index contributed by atoms with van der Waals surface area (Å²) in [5.74, 6) is 0.353. The number of ether oxygens (including phenoxy) is 1. The molecule has 1 aromatic rings. The lowest BCUT2D eigenvalue weighted by atomic mass is 9.86. The first-order valence-corrected chi connectivity index (χ1v) is 8.30. The molecule has 0 aliphatic heterocycles. The van der Waals surface area contributed by atoms with Gasteiger partial charge in [0.2, 0.25) is 0 Å². The lowest BCUT2D eigenvalue weighted by Gasteiger charge is -2.29. The van der Waals surface area contributed by atoms with Crippen molar-refractivity contribution in [2.24, 2.45) is 5.92 Å². The smallest absolute Gasteiger partial charge is 0.321 e. The van der Waals surface area contributed by atoms with E-state index < -0.39 is 11.9 Å². The van der Waals surface area contributed by atoms with Gasteiger partial charge < -0.3 is 10.1 Å². The maximum atomic E-state index is 11.9. The van der Waals surface area contributed by atoms with E-state index in [1.54, 1.807) is 24.3 Å². The third-order valence-corrected chi connectivity index (χ3v) is 4.31. The monoisotopic (exact) mass is 332 g/mol. The highest BCUT2D eigenvalue weighted by molar-refractivity contribution is 5.95. The molecule has 0 aromatic heterocycles. The molecule has 1 aliphatic carbocycles. The standard InChI is InChI=1S/C18H24N2O4/c1-12-5-3-4-6-16(12)19-18(23)20-17(22)11-24-15-9-7-14(8-10-15)13(2)21/h7-10,12,16H,3-6,11H2,1-2H3,(H2,19,20,22,23)/t12-,16+/m0/s1. The van der Waals surface area contributed by atoms with Crippen molar-refractivity contribution in [2.75, 3.05) is 6.61 Å². The topological polar surface area (TPSA) is 84.5 Å². The van der Waals surface area contributed by atoms with Crippen LogP contribution in [0.25, 0.3) is 0 Å².